The summed E-state index contributed by atoms with van der Waals surface area (Å²) in [6.45, 7) is 3.56. The van der Waals surface area contributed by atoms with E-state index in [0.29, 0.717) is 39.1 Å². The van der Waals surface area contributed by atoms with Crippen LogP contribution in [0, 0.1) is 0 Å². The van der Waals surface area contributed by atoms with Crippen LogP contribution in [0.15, 0.2) is 30.5 Å². The first-order valence-electron chi connectivity index (χ1n) is 9.56. The highest BCUT2D eigenvalue weighted by molar-refractivity contribution is 6.02. The fourth-order valence-electron chi connectivity index (χ4n) is 3.98. The maximum Gasteiger partial charge on any atom is 0.407 e. The number of para-hydroxylation sites is 1. The van der Waals surface area contributed by atoms with Crippen molar-refractivity contribution < 1.29 is 19.7 Å². The van der Waals surface area contributed by atoms with Gasteiger partial charge in [0, 0.05) is 25.1 Å². The SMILES string of the molecule is CCOCc1nc2cnc3ccccc3c2n1CC1CC(O)CCN1C(=O)O. The molecule has 0 spiro atoms. The van der Waals surface area contributed by atoms with E-state index in [0.717, 1.165) is 27.8 Å². The van der Waals surface area contributed by atoms with E-state index >= 15 is 0 Å². The van der Waals surface area contributed by atoms with E-state index in [2.05, 4.69) is 4.98 Å². The van der Waals surface area contributed by atoms with Gasteiger partial charge in [-0.25, -0.2) is 9.78 Å². The summed E-state index contributed by atoms with van der Waals surface area (Å²) in [4.78, 5) is 22.3. The predicted octanol–water partition coefficient (Wildman–Crippen LogP) is 2.62. The summed E-state index contributed by atoms with van der Waals surface area (Å²) in [5, 5.41) is 20.7. The number of aliphatic hydroxyl groups is 1. The number of piperidine rings is 1. The van der Waals surface area contributed by atoms with Gasteiger partial charge in [0.1, 0.15) is 17.9 Å². The average Bonchev–Trinajstić information content (AvgIpc) is 3.04. The summed E-state index contributed by atoms with van der Waals surface area (Å²) in [6.07, 6.45) is 1.16. The molecule has 1 aliphatic rings. The number of imidazole rings is 1. The number of hydrogen-bond donors (Lipinski definition) is 2. The Hall–Kier alpha value is -2.71. The minimum absolute atomic E-state index is 0.328. The number of benzene rings is 1. The average molecular weight is 384 g/mol. The predicted molar refractivity (Wildman–Crippen MR) is 104 cm³/mol. The van der Waals surface area contributed by atoms with Crippen molar-refractivity contribution in [2.75, 3.05) is 13.2 Å². The molecule has 1 saturated heterocycles. The number of nitrogens with zero attached hydrogens (tertiary/aromatic N) is 4. The zero-order valence-electron chi connectivity index (χ0n) is 15.8. The van der Waals surface area contributed by atoms with Gasteiger partial charge in [0.15, 0.2) is 0 Å². The zero-order chi connectivity index (χ0) is 19.7. The molecule has 0 bridgehead atoms. The highest BCUT2D eigenvalue weighted by Crippen LogP contribution is 2.28. The lowest BCUT2D eigenvalue weighted by Crippen LogP contribution is -2.49. The van der Waals surface area contributed by atoms with Crippen molar-refractivity contribution in [3.63, 3.8) is 0 Å². The van der Waals surface area contributed by atoms with E-state index < -0.39 is 12.2 Å². The monoisotopic (exact) mass is 384 g/mol. The Labute approximate surface area is 162 Å². The van der Waals surface area contributed by atoms with Crippen LogP contribution in [0.2, 0.25) is 0 Å². The van der Waals surface area contributed by atoms with Crippen LogP contribution >= 0.6 is 0 Å². The van der Waals surface area contributed by atoms with Crippen molar-refractivity contribution in [2.45, 2.75) is 45.1 Å². The molecular weight excluding hydrogens is 360 g/mol. The van der Waals surface area contributed by atoms with E-state index in [1.54, 1.807) is 6.20 Å². The molecule has 3 aromatic rings. The molecule has 148 valence electrons. The van der Waals surface area contributed by atoms with E-state index in [1.165, 1.54) is 4.90 Å². The molecule has 2 atom stereocenters. The summed E-state index contributed by atoms with van der Waals surface area (Å²) in [7, 11) is 0. The number of aromatic nitrogens is 3. The minimum Gasteiger partial charge on any atom is -0.465 e. The molecule has 1 aliphatic heterocycles. The number of carbonyl (C=O) groups is 1. The Kier molecular flexibility index (Phi) is 5.15. The van der Waals surface area contributed by atoms with Crippen molar-refractivity contribution in [3.8, 4) is 0 Å². The van der Waals surface area contributed by atoms with Crippen molar-refractivity contribution in [1.82, 2.24) is 19.4 Å². The Morgan fingerprint density at radius 2 is 2.14 bits per heavy atom. The molecule has 0 saturated carbocycles. The van der Waals surface area contributed by atoms with Gasteiger partial charge in [-0.2, -0.15) is 0 Å². The van der Waals surface area contributed by atoms with Crippen LogP contribution in [-0.2, 0) is 17.9 Å². The second-order valence-corrected chi connectivity index (χ2v) is 7.09. The molecule has 0 aliphatic carbocycles. The summed E-state index contributed by atoms with van der Waals surface area (Å²) >= 11 is 0. The molecule has 1 aromatic carbocycles. The number of likely N-dealkylation sites (tertiary alicyclic amines) is 1. The quantitative estimate of drug-likeness (QED) is 0.701. The summed E-state index contributed by atoms with van der Waals surface area (Å²) in [5.74, 6) is 0.736. The van der Waals surface area contributed by atoms with Gasteiger partial charge in [-0.3, -0.25) is 4.98 Å². The molecule has 2 N–H and O–H groups in total. The normalized spacial score (nSPS) is 20.1. The molecule has 8 nitrogen and oxygen atoms in total. The standard InChI is InChI=1S/C20H24N4O4/c1-2-28-12-18-22-17-10-21-16-6-4-3-5-15(16)19(17)24(18)11-13-9-14(25)7-8-23(13)20(26)27/h3-6,10,13-14,25H,2,7-9,11-12H2,1H3,(H,26,27). The maximum absolute atomic E-state index is 11.7. The van der Waals surface area contributed by atoms with Gasteiger partial charge in [0.2, 0.25) is 0 Å². The van der Waals surface area contributed by atoms with Gasteiger partial charge in [0.05, 0.1) is 29.4 Å². The van der Waals surface area contributed by atoms with Gasteiger partial charge >= 0.3 is 6.09 Å². The molecule has 1 amide bonds. The summed E-state index contributed by atoms with van der Waals surface area (Å²) < 4.78 is 7.64. The van der Waals surface area contributed by atoms with Gasteiger partial charge in [-0.05, 0) is 25.8 Å². The summed E-state index contributed by atoms with van der Waals surface area (Å²) in [5.41, 5.74) is 2.54. The van der Waals surface area contributed by atoms with Gasteiger partial charge in [-0.1, -0.05) is 18.2 Å². The van der Waals surface area contributed by atoms with Crippen molar-refractivity contribution in [1.29, 1.82) is 0 Å². The molecule has 28 heavy (non-hydrogen) atoms. The van der Waals surface area contributed by atoms with Crippen LogP contribution in [0.3, 0.4) is 0 Å². The van der Waals surface area contributed by atoms with Crippen LogP contribution in [0.4, 0.5) is 4.79 Å². The van der Waals surface area contributed by atoms with E-state index in [-0.39, 0.29) is 6.04 Å². The largest absolute Gasteiger partial charge is 0.465 e. The first-order chi connectivity index (χ1) is 13.6. The number of carboxylic acid groups (broad SMARTS) is 1. The number of hydrogen-bond acceptors (Lipinski definition) is 5. The first-order valence-corrected chi connectivity index (χ1v) is 9.56. The van der Waals surface area contributed by atoms with Crippen molar-refractivity contribution in [3.05, 3.63) is 36.3 Å². The Morgan fingerprint density at radius 1 is 1.32 bits per heavy atom. The number of aliphatic hydroxyl groups excluding tert-OH is 1. The fraction of sp³-hybridized carbons (Fsp3) is 0.450. The molecule has 1 fully saturated rings. The second kappa shape index (κ2) is 7.73. The van der Waals surface area contributed by atoms with Crippen LogP contribution in [-0.4, -0.2) is 61.0 Å². The van der Waals surface area contributed by atoms with Gasteiger partial charge < -0.3 is 24.4 Å². The Morgan fingerprint density at radius 3 is 2.93 bits per heavy atom. The van der Waals surface area contributed by atoms with E-state index in [4.69, 9.17) is 9.72 Å². The third-order valence-electron chi connectivity index (χ3n) is 5.32. The lowest BCUT2D eigenvalue weighted by Gasteiger charge is -2.36. The van der Waals surface area contributed by atoms with E-state index in [9.17, 15) is 15.0 Å². The second-order valence-electron chi connectivity index (χ2n) is 7.09. The molecule has 2 unspecified atom stereocenters. The number of amides is 1. The Bertz CT molecular complexity index is 1000. The third kappa shape index (κ3) is 3.41. The molecule has 3 heterocycles. The Balaban J connectivity index is 1.82. The lowest BCUT2D eigenvalue weighted by atomic mass is 9.99. The number of pyridine rings is 1. The zero-order valence-corrected chi connectivity index (χ0v) is 15.8. The number of ether oxygens (including phenoxy) is 1. The third-order valence-corrected chi connectivity index (χ3v) is 5.32. The van der Waals surface area contributed by atoms with E-state index in [1.807, 2.05) is 35.8 Å². The van der Waals surface area contributed by atoms with Crippen molar-refractivity contribution >= 4 is 28.0 Å². The van der Waals surface area contributed by atoms with Crippen molar-refractivity contribution in [2.24, 2.45) is 0 Å². The molecule has 8 heteroatoms. The number of fused-ring (bicyclic) bond motifs is 3. The van der Waals surface area contributed by atoms with Crippen LogP contribution in [0.5, 0.6) is 0 Å². The molecule has 4 rings (SSSR count). The topological polar surface area (TPSA) is 101 Å². The van der Waals surface area contributed by atoms with Crippen LogP contribution in [0.1, 0.15) is 25.6 Å². The maximum atomic E-state index is 11.7. The lowest BCUT2D eigenvalue weighted by molar-refractivity contribution is 0.0367. The van der Waals surface area contributed by atoms with Gasteiger partial charge in [0.25, 0.3) is 0 Å². The number of rotatable bonds is 5. The fourth-order valence-corrected chi connectivity index (χ4v) is 3.98. The molecular formula is C20H24N4O4. The van der Waals surface area contributed by atoms with Crippen LogP contribution in [0.25, 0.3) is 21.9 Å². The van der Waals surface area contributed by atoms with Crippen LogP contribution < -0.4 is 0 Å². The highest BCUT2D eigenvalue weighted by atomic mass is 16.5. The first kappa shape index (κ1) is 18.6. The minimum atomic E-state index is -0.959. The molecule has 0 radical (unpaired) electrons. The highest BCUT2D eigenvalue weighted by Gasteiger charge is 2.32. The smallest absolute Gasteiger partial charge is 0.407 e. The summed E-state index contributed by atoms with van der Waals surface area (Å²) in [6, 6.07) is 7.51. The van der Waals surface area contributed by atoms with Gasteiger partial charge in [-0.15, -0.1) is 0 Å². The molecule has 2 aromatic heterocycles.